The molecule has 2 N–H and O–H groups in total. The Morgan fingerprint density at radius 3 is 2.21 bits per heavy atom. The van der Waals surface area contributed by atoms with Crippen LogP contribution >= 0.6 is 0 Å². The minimum Gasteiger partial charge on any atom is -0.497 e. The molecule has 1 fully saturated rings. The van der Waals surface area contributed by atoms with Crippen LogP contribution in [0.2, 0.25) is 0 Å². The van der Waals surface area contributed by atoms with E-state index in [1.807, 2.05) is 18.2 Å². The molecule has 0 aromatic heterocycles. The quantitative estimate of drug-likeness (QED) is 0.828. The van der Waals surface area contributed by atoms with Crippen LogP contribution in [0, 0.1) is 0 Å². The van der Waals surface area contributed by atoms with E-state index in [4.69, 9.17) is 9.47 Å². The van der Waals surface area contributed by atoms with Gasteiger partial charge in [0.15, 0.2) is 0 Å². The van der Waals surface area contributed by atoms with E-state index in [0.717, 1.165) is 17.1 Å². The first-order valence-electron chi connectivity index (χ1n) is 6.86. The Kier molecular flexibility index (Phi) is 5.05. The normalized spacial score (nSPS) is 17.4. The molecule has 0 aliphatic heterocycles. The summed E-state index contributed by atoms with van der Waals surface area (Å²) in [4.78, 5) is 0. The molecule has 4 nitrogen and oxygen atoms in total. The zero-order valence-electron chi connectivity index (χ0n) is 11.7. The molecule has 1 unspecified atom stereocenters. The molecule has 106 valence electrons. The highest BCUT2D eigenvalue weighted by atomic mass is 16.5. The van der Waals surface area contributed by atoms with Gasteiger partial charge in [0, 0.05) is 12.1 Å². The lowest BCUT2D eigenvalue weighted by Crippen LogP contribution is -2.32. The Morgan fingerprint density at radius 2 is 1.74 bits per heavy atom. The van der Waals surface area contributed by atoms with Crippen molar-refractivity contribution in [3.05, 3.63) is 23.8 Å². The van der Waals surface area contributed by atoms with Gasteiger partial charge in [0.05, 0.1) is 26.9 Å². The highest BCUT2D eigenvalue weighted by Crippen LogP contribution is 2.28. The number of methoxy groups -OCH3 is 2. The molecule has 1 saturated carbocycles. The van der Waals surface area contributed by atoms with Crippen LogP contribution in [0.25, 0.3) is 0 Å². The van der Waals surface area contributed by atoms with Crippen LogP contribution in [0.4, 0.5) is 0 Å². The van der Waals surface area contributed by atoms with Gasteiger partial charge in [0.2, 0.25) is 0 Å². The second kappa shape index (κ2) is 6.78. The topological polar surface area (TPSA) is 50.7 Å². The van der Waals surface area contributed by atoms with E-state index in [9.17, 15) is 5.11 Å². The van der Waals surface area contributed by atoms with Crippen molar-refractivity contribution >= 4 is 0 Å². The largest absolute Gasteiger partial charge is 0.497 e. The third-order valence-corrected chi connectivity index (χ3v) is 3.75. The van der Waals surface area contributed by atoms with E-state index >= 15 is 0 Å². The fourth-order valence-corrected chi connectivity index (χ4v) is 2.66. The summed E-state index contributed by atoms with van der Waals surface area (Å²) in [6.07, 6.45) is 4.93. The minimum atomic E-state index is -0.0629. The number of aliphatic hydroxyl groups excluding tert-OH is 1. The van der Waals surface area contributed by atoms with E-state index in [0.29, 0.717) is 6.04 Å². The van der Waals surface area contributed by atoms with Gasteiger partial charge in [-0.15, -0.1) is 0 Å². The number of nitrogens with one attached hydrogen (secondary N) is 1. The van der Waals surface area contributed by atoms with Crippen molar-refractivity contribution in [2.24, 2.45) is 0 Å². The molecule has 4 heteroatoms. The Balaban J connectivity index is 2.15. The molecule has 1 aliphatic rings. The Morgan fingerprint density at radius 1 is 1.16 bits per heavy atom. The van der Waals surface area contributed by atoms with Gasteiger partial charge >= 0.3 is 0 Å². The summed E-state index contributed by atoms with van der Waals surface area (Å²) >= 11 is 0. The first-order chi connectivity index (χ1) is 9.26. The van der Waals surface area contributed by atoms with Crippen molar-refractivity contribution in [3.63, 3.8) is 0 Å². The average molecular weight is 265 g/mol. The molecule has 1 aliphatic carbocycles. The van der Waals surface area contributed by atoms with E-state index < -0.39 is 0 Å². The van der Waals surface area contributed by atoms with Crippen molar-refractivity contribution in [3.8, 4) is 11.5 Å². The fourth-order valence-electron chi connectivity index (χ4n) is 2.66. The second-order valence-electron chi connectivity index (χ2n) is 5.03. The summed E-state index contributed by atoms with van der Waals surface area (Å²) < 4.78 is 10.5. The lowest BCUT2D eigenvalue weighted by molar-refractivity contribution is 0.232. The molecule has 1 aromatic carbocycles. The average Bonchev–Trinajstić information content (AvgIpc) is 2.97. The smallest absolute Gasteiger partial charge is 0.122 e. The number of hydrogen-bond donors (Lipinski definition) is 2. The Bertz CT molecular complexity index is 380. The van der Waals surface area contributed by atoms with Crippen LogP contribution in [-0.2, 0) is 0 Å². The van der Waals surface area contributed by atoms with E-state index in [1.165, 1.54) is 25.7 Å². The van der Waals surface area contributed by atoms with Gasteiger partial charge < -0.3 is 19.9 Å². The first kappa shape index (κ1) is 14.2. The van der Waals surface area contributed by atoms with Gasteiger partial charge in [-0.3, -0.25) is 0 Å². The predicted octanol–water partition coefficient (Wildman–Crippen LogP) is 2.27. The zero-order chi connectivity index (χ0) is 13.7. The van der Waals surface area contributed by atoms with Gasteiger partial charge in [-0.05, 0) is 30.5 Å². The third kappa shape index (κ3) is 3.61. The van der Waals surface area contributed by atoms with E-state index in [2.05, 4.69) is 5.32 Å². The molecule has 1 aromatic rings. The zero-order valence-corrected chi connectivity index (χ0v) is 11.7. The van der Waals surface area contributed by atoms with E-state index in [1.54, 1.807) is 14.2 Å². The summed E-state index contributed by atoms with van der Waals surface area (Å²) in [6, 6.07) is 6.19. The molecule has 0 amide bonds. The Labute approximate surface area is 114 Å². The molecule has 0 radical (unpaired) electrons. The molecule has 1 atom stereocenters. The minimum absolute atomic E-state index is 0.0629. The van der Waals surface area contributed by atoms with Gasteiger partial charge in [-0.2, -0.15) is 0 Å². The fraction of sp³-hybridized carbons (Fsp3) is 0.600. The molecule has 0 heterocycles. The van der Waals surface area contributed by atoms with Gasteiger partial charge in [-0.1, -0.05) is 12.8 Å². The monoisotopic (exact) mass is 265 g/mol. The van der Waals surface area contributed by atoms with Gasteiger partial charge in [-0.25, -0.2) is 0 Å². The van der Waals surface area contributed by atoms with Crippen molar-refractivity contribution in [1.82, 2.24) is 5.32 Å². The van der Waals surface area contributed by atoms with Crippen LogP contribution in [0.3, 0.4) is 0 Å². The van der Waals surface area contributed by atoms with Gasteiger partial charge in [0.25, 0.3) is 0 Å². The second-order valence-corrected chi connectivity index (χ2v) is 5.03. The highest BCUT2D eigenvalue weighted by molar-refractivity contribution is 5.40. The van der Waals surface area contributed by atoms with Crippen molar-refractivity contribution in [2.75, 3.05) is 20.8 Å². The summed E-state index contributed by atoms with van der Waals surface area (Å²) in [6.45, 7) is 0.0762. The van der Waals surface area contributed by atoms with Gasteiger partial charge in [0.1, 0.15) is 11.5 Å². The number of ether oxygens (including phenoxy) is 2. The summed E-state index contributed by atoms with van der Waals surface area (Å²) in [5, 5.41) is 13.1. The third-order valence-electron chi connectivity index (χ3n) is 3.75. The number of rotatable bonds is 6. The molecular weight excluding hydrogens is 242 g/mol. The molecule has 0 saturated heterocycles. The maximum atomic E-state index is 9.62. The first-order valence-corrected chi connectivity index (χ1v) is 6.86. The van der Waals surface area contributed by atoms with Crippen molar-refractivity contribution in [2.45, 2.75) is 37.8 Å². The summed E-state index contributed by atoms with van der Waals surface area (Å²) in [5.74, 6) is 1.50. The van der Waals surface area contributed by atoms with Crippen LogP contribution < -0.4 is 14.8 Å². The van der Waals surface area contributed by atoms with Crippen LogP contribution in [-0.4, -0.2) is 32.0 Å². The number of benzene rings is 1. The summed E-state index contributed by atoms with van der Waals surface area (Å²) in [7, 11) is 3.27. The predicted molar refractivity (Wildman–Crippen MR) is 74.8 cm³/mol. The number of hydrogen-bond acceptors (Lipinski definition) is 4. The van der Waals surface area contributed by atoms with Crippen molar-refractivity contribution < 1.29 is 14.6 Å². The maximum Gasteiger partial charge on any atom is 0.122 e. The molecule has 19 heavy (non-hydrogen) atoms. The standard InChI is InChI=1S/C15H23NO3/c1-18-13-7-11(8-14(9-13)19-2)15(10-17)16-12-5-3-4-6-12/h7-9,12,15-17H,3-6,10H2,1-2H3. The van der Waals surface area contributed by atoms with Crippen LogP contribution in [0.1, 0.15) is 37.3 Å². The van der Waals surface area contributed by atoms with Crippen LogP contribution in [0.15, 0.2) is 18.2 Å². The lowest BCUT2D eigenvalue weighted by atomic mass is 10.0. The number of aliphatic hydroxyl groups is 1. The SMILES string of the molecule is COc1cc(OC)cc(C(CO)NC2CCCC2)c1. The Hall–Kier alpha value is -1.26. The van der Waals surface area contributed by atoms with Crippen LogP contribution in [0.5, 0.6) is 11.5 Å². The van der Waals surface area contributed by atoms with E-state index in [-0.39, 0.29) is 12.6 Å². The lowest BCUT2D eigenvalue weighted by Gasteiger charge is -2.22. The molecular formula is C15H23NO3. The molecule has 0 bridgehead atoms. The molecule has 0 spiro atoms. The molecule has 2 rings (SSSR count). The van der Waals surface area contributed by atoms with Crippen molar-refractivity contribution in [1.29, 1.82) is 0 Å². The highest BCUT2D eigenvalue weighted by Gasteiger charge is 2.20. The summed E-state index contributed by atoms with van der Waals surface area (Å²) in [5.41, 5.74) is 1.01. The maximum absolute atomic E-state index is 9.62.